The van der Waals surface area contributed by atoms with Gasteiger partial charge in [-0.2, -0.15) is 0 Å². The molecule has 1 aromatic carbocycles. The highest BCUT2D eigenvalue weighted by Gasteiger charge is 2.52. The van der Waals surface area contributed by atoms with Gasteiger partial charge in [-0.1, -0.05) is 13.0 Å². The van der Waals surface area contributed by atoms with E-state index in [-0.39, 0.29) is 18.3 Å². The zero-order valence-corrected chi connectivity index (χ0v) is 15.1. The van der Waals surface area contributed by atoms with Crippen LogP contribution in [0.25, 0.3) is 0 Å². The van der Waals surface area contributed by atoms with Gasteiger partial charge >= 0.3 is 7.12 Å². The fourth-order valence-corrected chi connectivity index (χ4v) is 3.22. The van der Waals surface area contributed by atoms with Gasteiger partial charge in [-0.25, -0.2) is 0 Å². The number of rotatable bonds is 3. The highest BCUT2D eigenvalue weighted by molar-refractivity contribution is 6.62. The van der Waals surface area contributed by atoms with E-state index in [2.05, 4.69) is 63.0 Å². The Hall–Kier alpha value is -1.04. The fraction of sp³-hybridized carbons (Fsp3) is 0.667. The summed E-state index contributed by atoms with van der Waals surface area (Å²) in [6.45, 7) is 14.9. The van der Waals surface area contributed by atoms with Gasteiger partial charge in [-0.05, 0) is 57.3 Å². The number of hydrogen-bond donors (Lipinski definition) is 1. The molecule has 2 saturated heterocycles. The first kappa shape index (κ1) is 16.8. The third kappa shape index (κ3) is 3.15. The lowest BCUT2D eigenvalue weighted by Crippen LogP contribution is -2.44. The molecule has 2 heterocycles. The second-order valence-corrected chi connectivity index (χ2v) is 7.56. The van der Waals surface area contributed by atoms with Crippen LogP contribution in [0.1, 0.15) is 40.2 Å². The Balaban J connectivity index is 1.86. The summed E-state index contributed by atoms with van der Waals surface area (Å²) in [5.41, 5.74) is 3.22. The molecule has 23 heavy (non-hydrogen) atoms. The number of benzene rings is 1. The zero-order valence-electron chi connectivity index (χ0n) is 15.1. The van der Waals surface area contributed by atoms with E-state index in [0.29, 0.717) is 0 Å². The first-order chi connectivity index (χ1) is 10.8. The predicted molar refractivity (Wildman–Crippen MR) is 96.6 cm³/mol. The summed E-state index contributed by atoms with van der Waals surface area (Å²) >= 11 is 0. The molecular formula is C18H29BN2O2. The van der Waals surface area contributed by atoms with Gasteiger partial charge in [-0.3, -0.25) is 0 Å². The molecule has 0 unspecified atom stereocenters. The standard InChI is InChI=1S/C18H29BN2O2/c1-6-14-13-15(21-11-9-20-10-12-21)7-8-16(14)19-22-17(2,3)18(4,5)23-19/h7-8,13,20H,6,9-12H2,1-5H3. The number of nitrogens with zero attached hydrogens (tertiary/aromatic N) is 1. The number of piperazine rings is 1. The SMILES string of the molecule is CCc1cc(N2CCNCC2)ccc1B1OC(C)(C)C(C)(C)O1. The quantitative estimate of drug-likeness (QED) is 0.865. The second-order valence-electron chi connectivity index (χ2n) is 7.56. The fourth-order valence-electron chi connectivity index (χ4n) is 3.22. The van der Waals surface area contributed by atoms with Crippen molar-refractivity contribution in [3.63, 3.8) is 0 Å². The van der Waals surface area contributed by atoms with Crippen molar-refractivity contribution in [2.75, 3.05) is 31.1 Å². The molecule has 4 nitrogen and oxygen atoms in total. The maximum Gasteiger partial charge on any atom is 0.495 e. The highest BCUT2D eigenvalue weighted by Crippen LogP contribution is 2.36. The third-order valence-electron chi connectivity index (χ3n) is 5.50. The average molecular weight is 316 g/mol. The summed E-state index contributed by atoms with van der Waals surface area (Å²) in [5, 5.41) is 3.41. The second kappa shape index (κ2) is 6.12. The van der Waals surface area contributed by atoms with Crippen LogP contribution >= 0.6 is 0 Å². The van der Waals surface area contributed by atoms with E-state index in [1.54, 1.807) is 0 Å². The van der Waals surface area contributed by atoms with Crippen molar-refractivity contribution in [2.45, 2.75) is 52.2 Å². The van der Waals surface area contributed by atoms with E-state index in [4.69, 9.17) is 9.31 Å². The Morgan fingerprint density at radius 3 is 2.26 bits per heavy atom. The lowest BCUT2D eigenvalue weighted by Gasteiger charge is -2.32. The first-order valence-corrected chi connectivity index (χ1v) is 8.78. The molecule has 126 valence electrons. The molecule has 1 aromatic rings. The Morgan fingerprint density at radius 1 is 1.09 bits per heavy atom. The Labute approximate surface area is 140 Å². The largest absolute Gasteiger partial charge is 0.495 e. The van der Waals surface area contributed by atoms with Crippen molar-refractivity contribution < 1.29 is 9.31 Å². The minimum atomic E-state index is -0.292. The molecule has 0 aliphatic carbocycles. The summed E-state index contributed by atoms with van der Waals surface area (Å²) < 4.78 is 12.5. The predicted octanol–water partition coefficient (Wildman–Crippen LogP) is 1.96. The molecule has 0 saturated carbocycles. The van der Waals surface area contributed by atoms with Crippen LogP contribution in [0.15, 0.2) is 18.2 Å². The van der Waals surface area contributed by atoms with Gasteiger partial charge in [0.2, 0.25) is 0 Å². The molecule has 0 spiro atoms. The maximum absolute atomic E-state index is 6.23. The lowest BCUT2D eigenvalue weighted by molar-refractivity contribution is 0.00578. The number of nitrogens with one attached hydrogen (secondary N) is 1. The average Bonchev–Trinajstić information content (AvgIpc) is 2.75. The summed E-state index contributed by atoms with van der Waals surface area (Å²) in [6.07, 6.45) is 0.985. The van der Waals surface area contributed by atoms with Crippen LogP contribution in [0.2, 0.25) is 0 Å². The molecule has 2 aliphatic heterocycles. The normalized spacial score (nSPS) is 23.3. The van der Waals surface area contributed by atoms with Crippen molar-refractivity contribution in [1.82, 2.24) is 5.32 Å². The molecule has 2 fully saturated rings. The molecule has 5 heteroatoms. The summed E-state index contributed by atoms with van der Waals surface area (Å²) in [5.74, 6) is 0. The van der Waals surface area contributed by atoms with Crippen LogP contribution in [-0.2, 0) is 15.7 Å². The van der Waals surface area contributed by atoms with Gasteiger partial charge in [0.15, 0.2) is 0 Å². The molecule has 0 bridgehead atoms. The molecular weight excluding hydrogens is 287 g/mol. The van der Waals surface area contributed by atoms with Crippen LogP contribution in [-0.4, -0.2) is 44.5 Å². The van der Waals surface area contributed by atoms with Gasteiger partial charge in [0.1, 0.15) is 0 Å². The van der Waals surface area contributed by atoms with Crippen molar-refractivity contribution in [3.05, 3.63) is 23.8 Å². The van der Waals surface area contributed by atoms with Crippen molar-refractivity contribution in [1.29, 1.82) is 0 Å². The Morgan fingerprint density at radius 2 is 1.70 bits per heavy atom. The van der Waals surface area contributed by atoms with Gasteiger partial charge in [0.25, 0.3) is 0 Å². The van der Waals surface area contributed by atoms with Crippen LogP contribution in [0, 0.1) is 0 Å². The van der Waals surface area contributed by atoms with E-state index in [0.717, 1.165) is 32.6 Å². The smallest absolute Gasteiger partial charge is 0.399 e. The van der Waals surface area contributed by atoms with Crippen LogP contribution in [0.5, 0.6) is 0 Å². The third-order valence-corrected chi connectivity index (χ3v) is 5.50. The van der Waals surface area contributed by atoms with Crippen LogP contribution in [0.4, 0.5) is 5.69 Å². The molecule has 3 rings (SSSR count). The summed E-state index contributed by atoms with van der Waals surface area (Å²) in [4.78, 5) is 2.45. The number of anilines is 1. The zero-order chi connectivity index (χ0) is 16.7. The minimum Gasteiger partial charge on any atom is -0.399 e. The maximum atomic E-state index is 6.23. The van der Waals surface area contributed by atoms with Crippen LogP contribution < -0.4 is 15.7 Å². The Bertz CT molecular complexity index is 552. The molecule has 2 aliphatic rings. The highest BCUT2D eigenvalue weighted by atomic mass is 16.7. The van der Waals surface area contributed by atoms with Crippen LogP contribution in [0.3, 0.4) is 0 Å². The van der Waals surface area contributed by atoms with Gasteiger partial charge in [0, 0.05) is 31.9 Å². The van der Waals surface area contributed by atoms with E-state index in [1.165, 1.54) is 16.7 Å². The lowest BCUT2D eigenvalue weighted by atomic mass is 9.75. The van der Waals surface area contributed by atoms with E-state index in [1.807, 2.05) is 0 Å². The first-order valence-electron chi connectivity index (χ1n) is 8.78. The van der Waals surface area contributed by atoms with E-state index in [9.17, 15) is 0 Å². The number of aryl methyl sites for hydroxylation is 1. The molecule has 0 amide bonds. The Kier molecular flexibility index (Phi) is 4.47. The van der Waals surface area contributed by atoms with Gasteiger partial charge in [0.05, 0.1) is 11.2 Å². The van der Waals surface area contributed by atoms with Crippen molar-refractivity contribution in [3.8, 4) is 0 Å². The molecule has 1 N–H and O–H groups in total. The van der Waals surface area contributed by atoms with Gasteiger partial charge in [-0.15, -0.1) is 0 Å². The molecule has 0 aromatic heterocycles. The molecule has 0 radical (unpaired) electrons. The molecule has 0 atom stereocenters. The van der Waals surface area contributed by atoms with E-state index < -0.39 is 0 Å². The summed E-state index contributed by atoms with van der Waals surface area (Å²) in [7, 11) is -0.271. The van der Waals surface area contributed by atoms with Crippen molar-refractivity contribution >= 4 is 18.3 Å². The minimum absolute atomic E-state index is 0.271. The monoisotopic (exact) mass is 316 g/mol. The van der Waals surface area contributed by atoms with E-state index >= 15 is 0 Å². The topological polar surface area (TPSA) is 33.7 Å². The van der Waals surface area contributed by atoms with Crippen molar-refractivity contribution in [2.24, 2.45) is 0 Å². The van der Waals surface area contributed by atoms with Gasteiger partial charge < -0.3 is 19.5 Å². The number of hydrogen-bond acceptors (Lipinski definition) is 4. The summed E-state index contributed by atoms with van der Waals surface area (Å²) in [6, 6.07) is 6.72.